The minimum Gasteiger partial charge on any atom is -0.497 e. The lowest BCUT2D eigenvalue weighted by atomic mass is 10.3. The fourth-order valence-electron chi connectivity index (χ4n) is 3.52. The van der Waals surface area contributed by atoms with Gasteiger partial charge in [0, 0.05) is 32.2 Å². The minimum atomic E-state index is -0.422. The van der Waals surface area contributed by atoms with E-state index in [0.717, 1.165) is 55.3 Å². The van der Waals surface area contributed by atoms with Gasteiger partial charge in [0.2, 0.25) is 5.91 Å². The van der Waals surface area contributed by atoms with Gasteiger partial charge in [-0.3, -0.25) is 14.6 Å². The van der Waals surface area contributed by atoms with E-state index in [1.807, 2.05) is 18.2 Å². The number of methoxy groups -OCH3 is 1. The second-order valence-corrected chi connectivity index (χ2v) is 7.15. The van der Waals surface area contributed by atoms with Gasteiger partial charge in [0.25, 0.3) is 0 Å². The van der Waals surface area contributed by atoms with Crippen LogP contribution in [0.2, 0.25) is 0 Å². The number of piperazine rings is 1. The Morgan fingerprint density at radius 1 is 1.17 bits per heavy atom. The van der Waals surface area contributed by atoms with Crippen molar-refractivity contribution in [2.75, 3.05) is 45.2 Å². The molecule has 0 unspecified atom stereocenters. The molecule has 1 fully saturated rings. The number of rotatable bonds is 6. The monoisotopic (exact) mass is 397 g/mol. The highest BCUT2D eigenvalue weighted by Gasteiger charge is 2.20. The van der Waals surface area contributed by atoms with Crippen LogP contribution in [0, 0.1) is 5.82 Å². The minimum absolute atomic E-state index is 0.199. The van der Waals surface area contributed by atoms with Gasteiger partial charge in [0.15, 0.2) is 0 Å². The molecular formula is C21H24FN5O2. The first-order chi connectivity index (χ1) is 14.1. The van der Waals surface area contributed by atoms with E-state index in [0.29, 0.717) is 0 Å². The predicted molar refractivity (Wildman–Crippen MR) is 109 cm³/mol. The average Bonchev–Trinajstić information content (AvgIpc) is 3.12. The zero-order valence-corrected chi connectivity index (χ0v) is 16.3. The van der Waals surface area contributed by atoms with Gasteiger partial charge in [-0.2, -0.15) is 0 Å². The Hall–Kier alpha value is -2.97. The lowest BCUT2D eigenvalue weighted by molar-refractivity contribution is -0.117. The summed E-state index contributed by atoms with van der Waals surface area (Å²) in [5, 5.41) is 2.64. The van der Waals surface area contributed by atoms with E-state index in [2.05, 4.69) is 25.1 Å². The van der Waals surface area contributed by atoms with Crippen LogP contribution in [0.4, 0.5) is 10.1 Å². The third-order valence-corrected chi connectivity index (χ3v) is 5.09. The molecule has 1 saturated heterocycles. The molecule has 0 atom stereocenters. The molecule has 29 heavy (non-hydrogen) atoms. The molecule has 4 rings (SSSR count). The first-order valence-corrected chi connectivity index (χ1v) is 9.62. The highest BCUT2D eigenvalue weighted by molar-refractivity contribution is 5.92. The van der Waals surface area contributed by atoms with Crippen molar-refractivity contribution in [2.45, 2.75) is 6.54 Å². The Kier molecular flexibility index (Phi) is 5.73. The number of H-pyrrole nitrogens is 1. The molecule has 1 aliphatic rings. The molecule has 0 radical (unpaired) electrons. The molecule has 1 aliphatic heterocycles. The summed E-state index contributed by atoms with van der Waals surface area (Å²) in [4.78, 5) is 24.6. The number of nitrogens with zero attached hydrogens (tertiary/aromatic N) is 3. The summed E-state index contributed by atoms with van der Waals surface area (Å²) >= 11 is 0. The summed E-state index contributed by atoms with van der Waals surface area (Å²) in [5.74, 6) is 1.10. The molecule has 2 N–H and O–H groups in total. The van der Waals surface area contributed by atoms with Crippen molar-refractivity contribution >= 4 is 22.6 Å². The molecule has 0 spiro atoms. The second kappa shape index (κ2) is 8.59. The molecular weight excluding hydrogens is 373 g/mol. The first kappa shape index (κ1) is 19.4. The number of halogens is 1. The van der Waals surface area contributed by atoms with Crippen LogP contribution in [0.3, 0.4) is 0 Å². The van der Waals surface area contributed by atoms with Crippen LogP contribution in [-0.4, -0.2) is 65.5 Å². The molecule has 0 aliphatic carbocycles. The maximum Gasteiger partial charge on any atom is 0.238 e. The fourth-order valence-corrected chi connectivity index (χ4v) is 3.52. The number of carbonyl (C=O) groups is 1. The third-order valence-electron chi connectivity index (χ3n) is 5.09. The van der Waals surface area contributed by atoms with Crippen LogP contribution in [-0.2, 0) is 11.3 Å². The number of imidazole rings is 1. The van der Waals surface area contributed by atoms with Gasteiger partial charge < -0.3 is 15.0 Å². The summed E-state index contributed by atoms with van der Waals surface area (Å²) in [6.07, 6.45) is 0. The summed E-state index contributed by atoms with van der Waals surface area (Å²) in [7, 11) is 1.65. The second-order valence-electron chi connectivity index (χ2n) is 7.15. The van der Waals surface area contributed by atoms with E-state index in [4.69, 9.17) is 4.74 Å². The number of anilines is 1. The number of hydrogen-bond donors (Lipinski definition) is 2. The van der Waals surface area contributed by atoms with Crippen LogP contribution in [0.5, 0.6) is 5.75 Å². The van der Waals surface area contributed by atoms with Crippen molar-refractivity contribution in [1.29, 1.82) is 0 Å². The van der Waals surface area contributed by atoms with Gasteiger partial charge in [0.1, 0.15) is 17.4 Å². The van der Waals surface area contributed by atoms with Gasteiger partial charge >= 0.3 is 0 Å². The predicted octanol–water partition coefficient (Wildman–Crippen LogP) is 2.47. The van der Waals surface area contributed by atoms with Gasteiger partial charge in [0.05, 0.1) is 36.9 Å². The largest absolute Gasteiger partial charge is 0.497 e. The number of para-hydroxylation sites is 1. The molecule has 8 heteroatoms. The van der Waals surface area contributed by atoms with E-state index >= 15 is 0 Å². The lowest BCUT2D eigenvalue weighted by Gasteiger charge is -2.33. The Balaban J connectivity index is 1.27. The number of aromatic nitrogens is 2. The Labute approximate surface area is 168 Å². The van der Waals surface area contributed by atoms with Gasteiger partial charge in [-0.1, -0.05) is 12.1 Å². The summed E-state index contributed by atoms with van der Waals surface area (Å²) < 4.78 is 18.9. The van der Waals surface area contributed by atoms with Crippen molar-refractivity contribution in [3.05, 3.63) is 54.1 Å². The smallest absolute Gasteiger partial charge is 0.238 e. The van der Waals surface area contributed by atoms with E-state index in [-0.39, 0.29) is 18.1 Å². The van der Waals surface area contributed by atoms with E-state index < -0.39 is 5.82 Å². The maximum absolute atomic E-state index is 13.7. The van der Waals surface area contributed by atoms with Gasteiger partial charge in [-0.15, -0.1) is 0 Å². The zero-order valence-electron chi connectivity index (χ0n) is 16.3. The molecule has 1 amide bonds. The van der Waals surface area contributed by atoms with Gasteiger partial charge in [-0.25, -0.2) is 9.37 Å². The molecule has 1 aromatic heterocycles. The van der Waals surface area contributed by atoms with E-state index in [1.54, 1.807) is 25.3 Å². The molecule has 2 aromatic carbocycles. The number of hydrogen-bond acceptors (Lipinski definition) is 5. The number of aromatic amines is 1. The van der Waals surface area contributed by atoms with Crippen molar-refractivity contribution in [3.8, 4) is 5.75 Å². The molecule has 152 valence electrons. The lowest BCUT2D eigenvalue weighted by Crippen LogP contribution is -2.48. The summed E-state index contributed by atoms with van der Waals surface area (Å²) in [6, 6.07) is 12.0. The number of ether oxygens (including phenoxy) is 1. The van der Waals surface area contributed by atoms with Crippen molar-refractivity contribution in [2.24, 2.45) is 0 Å². The quantitative estimate of drug-likeness (QED) is 0.669. The number of amides is 1. The number of benzene rings is 2. The van der Waals surface area contributed by atoms with Crippen molar-refractivity contribution < 1.29 is 13.9 Å². The van der Waals surface area contributed by atoms with E-state index in [9.17, 15) is 9.18 Å². The fraction of sp³-hybridized carbons (Fsp3) is 0.333. The molecule has 7 nitrogen and oxygen atoms in total. The highest BCUT2D eigenvalue weighted by atomic mass is 19.1. The van der Waals surface area contributed by atoms with Crippen LogP contribution < -0.4 is 10.1 Å². The molecule has 3 aromatic rings. The summed E-state index contributed by atoms with van der Waals surface area (Å²) in [6.45, 7) is 4.22. The number of fused-ring (bicyclic) bond motifs is 1. The van der Waals surface area contributed by atoms with Crippen molar-refractivity contribution in [3.63, 3.8) is 0 Å². The topological polar surface area (TPSA) is 73.5 Å². The molecule has 2 heterocycles. The van der Waals surface area contributed by atoms with Gasteiger partial charge in [-0.05, 0) is 24.3 Å². The van der Waals surface area contributed by atoms with Crippen LogP contribution in [0.1, 0.15) is 5.82 Å². The zero-order chi connectivity index (χ0) is 20.2. The van der Waals surface area contributed by atoms with Crippen LogP contribution in [0.15, 0.2) is 42.5 Å². The maximum atomic E-state index is 13.7. The van der Waals surface area contributed by atoms with E-state index in [1.165, 1.54) is 6.07 Å². The molecule has 0 bridgehead atoms. The SMILES string of the molecule is COc1ccc2nc(CN3CCN(CC(=O)Nc4ccccc4F)CC3)[nH]c2c1. The summed E-state index contributed by atoms with van der Waals surface area (Å²) in [5.41, 5.74) is 2.10. The number of carbonyl (C=O) groups excluding carboxylic acids is 1. The first-order valence-electron chi connectivity index (χ1n) is 9.62. The van der Waals surface area contributed by atoms with Crippen LogP contribution >= 0.6 is 0 Å². The van der Waals surface area contributed by atoms with Crippen molar-refractivity contribution in [1.82, 2.24) is 19.8 Å². The third kappa shape index (κ3) is 4.72. The Morgan fingerprint density at radius 2 is 1.93 bits per heavy atom. The highest BCUT2D eigenvalue weighted by Crippen LogP contribution is 2.19. The Morgan fingerprint density at radius 3 is 2.69 bits per heavy atom. The Bertz CT molecular complexity index is 998. The normalized spacial score (nSPS) is 15.5. The van der Waals surface area contributed by atoms with Crippen LogP contribution in [0.25, 0.3) is 11.0 Å². The average molecular weight is 397 g/mol. The number of nitrogens with one attached hydrogen (secondary N) is 2. The molecule has 0 saturated carbocycles. The standard InChI is InChI=1S/C21H24FN5O2/c1-29-15-6-7-18-19(12-15)24-20(23-18)13-26-8-10-27(11-9-26)14-21(28)25-17-5-3-2-4-16(17)22/h2-7,12H,8-11,13-14H2,1H3,(H,23,24)(H,25,28).